The maximum atomic E-state index is 11.9. The summed E-state index contributed by atoms with van der Waals surface area (Å²) in [6.45, 7) is 5.31. The number of rotatable bonds is 10. The van der Waals surface area contributed by atoms with E-state index in [1.807, 2.05) is 13.8 Å². The van der Waals surface area contributed by atoms with Crippen LogP contribution in [0.2, 0.25) is 0 Å². The van der Waals surface area contributed by atoms with Crippen LogP contribution in [0, 0.1) is 0 Å². The lowest BCUT2D eigenvalue weighted by Gasteiger charge is -2.30. The first-order chi connectivity index (χ1) is 13.6. The molecule has 0 aromatic carbocycles. The summed E-state index contributed by atoms with van der Waals surface area (Å²) in [6.07, 6.45) is 0.176. The van der Waals surface area contributed by atoms with Gasteiger partial charge in [-0.05, 0) is 20.3 Å². The highest BCUT2D eigenvalue weighted by Gasteiger charge is 2.28. The van der Waals surface area contributed by atoms with Gasteiger partial charge < -0.3 is 20.6 Å². The summed E-state index contributed by atoms with van der Waals surface area (Å²) in [5.74, 6) is -3.28. The molecular weight excluding hydrogens is 384 g/mol. The third-order valence-electron chi connectivity index (χ3n) is 4.68. The molecule has 0 saturated carbocycles. The van der Waals surface area contributed by atoms with Crippen molar-refractivity contribution in [1.29, 1.82) is 0 Å². The SMILES string of the molecule is CC(C)NC(=O)CCC(C(=O)O)N1CCN(CC(=O)O)CCN(CC(=O)O)CC1. The second-order valence-corrected chi connectivity index (χ2v) is 7.49. The molecule has 1 saturated heterocycles. The van der Waals surface area contributed by atoms with E-state index in [4.69, 9.17) is 10.2 Å². The van der Waals surface area contributed by atoms with Crippen LogP contribution in [0.4, 0.5) is 0 Å². The van der Waals surface area contributed by atoms with Gasteiger partial charge >= 0.3 is 17.9 Å². The average molecular weight is 416 g/mol. The Balaban J connectivity index is 2.88. The molecule has 166 valence electrons. The number of amides is 1. The Bertz CT molecular complexity index is 557. The monoisotopic (exact) mass is 416 g/mol. The van der Waals surface area contributed by atoms with Crippen LogP contribution in [0.1, 0.15) is 26.7 Å². The smallest absolute Gasteiger partial charge is 0.320 e. The third kappa shape index (κ3) is 10.2. The van der Waals surface area contributed by atoms with Crippen LogP contribution in [0.5, 0.6) is 0 Å². The molecule has 1 amide bonds. The van der Waals surface area contributed by atoms with Gasteiger partial charge in [0.15, 0.2) is 0 Å². The van der Waals surface area contributed by atoms with Crippen LogP contribution in [0.15, 0.2) is 0 Å². The van der Waals surface area contributed by atoms with Crippen molar-refractivity contribution in [3.05, 3.63) is 0 Å². The van der Waals surface area contributed by atoms with Crippen LogP contribution >= 0.6 is 0 Å². The normalized spacial score (nSPS) is 18.4. The van der Waals surface area contributed by atoms with Crippen LogP contribution < -0.4 is 5.32 Å². The summed E-state index contributed by atoms with van der Waals surface area (Å²) < 4.78 is 0. The highest BCUT2D eigenvalue weighted by atomic mass is 16.4. The molecule has 29 heavy (non-hydrogen) atoms. The van der Waals surface area contributed by atoms with Crippen molar-refractivity contribution in [2.24, 2.45) is 0 Å². The van der Waals surface area contributed by atoms with E-state index in [-0.39, 0.29) is 37.9 Å². The molecule has 1 aliphatic heterocycles. The van der Waals surface area contributed by atoms with Crippen molar-refractivity contribution >= 4 is 23.8 Å². The summed E-state index contributed by atoms with van der Waals surface area (Å²) in [5, 5.41) is 30.6. The van der Waals surface area contributed by atoms with Crippen molar-refractivity contribution in [2.75, 3.05) is 52.4 Å². The number of hydrogen-bond donors (Lipinski definition) is 4. The van der Waals surface area contributed by atoms with E-state index in [0.717, 1.165) is 0 Å². The molecule has 1 rings (SSSR count). The van der Waals surface area contributed by atoms with Gasteiger partial charge in [0.05, 0.1) is 13.1 Å². The molecular formula is C18H32N4O7. The maximum absolute atomic E-state index is 11.9. The molecule has 1 aliphatic rings. The highest BCUT2D eigenvalue weighted by molar-refractivity contribution is 5.78. The van der Waals surface area contributed by atoms with Crippen LogP contribution in [0.25, 0.3) is 0 Å². The van der Waals surface area contributed by atoms with Gasteiger partial charge in [0, 0.05) is 51.7 Å². The van der Waals surface area contributed by atoms with Gasteiger partial charge in [-0.1, -0.05) is 0 Å². The highest BCUT2D eigenvalue weighted by Crippen LogP contribution is 2.11. The second kappa shape index (κ2) is 12.3. The summed E-state index contributed by atoms with van der Waals surface area (Å²) >= 11 is 0. The van der Waals surface area contributed by atoms with E-state index in [2.05, 4.69) is 5.32 Å². The fourth-order valence-corrected chi connectivity index (χ4v) is 3.29. The number of carbonyl (C=O) groups is 4. The Morgan fingerprint density at radius 2 is 1.28 bits per heavy atom. The predicted octanol–water partition coefficient (Wildman–Crippen LogP) is -1.17. The standard InChI is InChI=1S/C18H32N4O7/c1-13(2)19-15(23)4-3-14(18(28)29)22-9-7-20(11-16(24)25)5-6-21(8-10-22)12-17(26)27/h13-14H,3-12H2,1-2H3,(H,19,23)(H,24,25)(H,26,27)(H,28,29). The number of nitrogens with one attached hydrogen (secondary N) is 1. The number of nitrogens with zero attached hydrogens (tertiary/aromatic N) is 3. The largest absolute Gasteiger partial charge is 0.480 e. The lowest BCUT2D eigenvalue weighted by Crippen LogP contribution is -2.47. The Labute approximate surface area is 170 Å². The first-order valence-electron chi connectivity index (χ1n) is 9.73. The van der Waals surface area contributed by atoms with E-state index in [1.54, 1.807) is 14.7 Å². The zero-order valence-corrected chi connectivity index (χ0v) is 17.0. The Morgan fingerprint density at radius 1 is 0.828 bits per heavy atom. The molecule has 4 N–H and O–H groups in total. The summed E-state index contributed by atoms with van der Waals surface area (Å²) in [4.78, 5) is 51.0. The van der Waals surface area contributed by atoms with Crippen molar-refractivity contribution < 1.29 is 34.5 Å². The van der Waals surface area contributed by atoms with Crippen LogP contribution in [-0.4, -0.2) is 118 Å². The summed E-state index contributed by atoms with van der Waals surface area (Å²) in [5.41, 5.74) is 0. The molecule has 0 aromatic rings. The van der Waals surface area contributed by atoms with Gasteiger partial charge in [-0.2, -0.15) is 0 Å². The lowest BCUT2D eigenvalue weighted by atomic mass is 10.1. The Hall–Kier alpha value is -2.24. The molecule has 0 spiro atoms. The summed E-state index contributed by atoms with van der Waals surface area (Å²) in [6, 6.07) is -0.950. The predicted molar refractivity (Wildman–Crippen MR) is 104 cm³/mol. The zero-order chi connectivity index (χ0) is 22.0. The van der Waals surface area contributed by atoms with Gasteiger partial charge in [0.25, 0.3) is 0 Å². The lowest BCUT2D eigenvalue weighted by molar-refractivity contribution is -0.144. The van der Waals surface area contributed by atoms with Crippen molar-refractivity contribution in [3.63, 3.8) is 0 Å². The molecule has 0 bridgehead atoms. The van der Waals surface area contributed by atoms with E-state index in [0.29, 0.717) is 39.3 Å². The maximum Gasteiger partial charge on any atom is 0.320 e. The quantitative estimate of drug-likeness (QED) is 0.343. The third-order valence-corrected chi connectivity index (χ3v) is 4.68. The van der Waals surface area contributed by atoms with Crippen LogP contribution in [-0.2, 0) is 19.2 Å². The van der Waals surface area contributed by atoms with Crippen molar-refractivity contribution in [1.82, 2.24) is 20.0 Å². The molecule has 0 aliphatic carbocycles. The fourth-order valence-electron chi connectivity index (χ4n) is 3.29. The van der Waals surface area contributed by atoms with E-state index < -0.39 is 23.9 Å². The molecule has 1 atom stereocenters. The van der Waals surface area contributed by atoms with Crippen molar-refractivity contribution in [3.8, 4) is 0 Å². The zero-order valence-electron chi connectivity index (χ0n) is 17.0. The van der Waals surface area contributed by atoms with Gasteiger partial charge in [-0.25, -0.2) is 0 Å². The van der Waals surface area contributed by atoms with Crippen molar-refractivity contribution in [2.45, 2.75) is 38.8 Å². The first-order valence-corrected chi connectivity index (χ1v) is 9.73. The van der Waals surface area contributed by atoms with Gasteiger partial charge in [0.1, 0.15) is 6.04 Å². The molecule has 1 heterocycles. The number of carboxylic acid groups (broad SMARTS) is 3. The second-order valence-electron chi connectivity index (χ2n) is 7.49. The van der Waals surface area contributed by atoms with Gasteiger partial charge in [-0.15, -0.1) is 0 Å². The number of hydrogen-bond acceptors (Lipinski definition) is 7. The topological polar surface area (TPSA) is 151 Å². The number of carboxylic acids is 3. The Kier molecular flexibility index (Phi) is 10.6. The Morgan fingerprint density at radius 3 is 1.66 bits per heavy atom. The molecule has 11 nitrogen and oxygen atoms in total. The number of carbonyl (C=O) groups excluding carboxylic acids is 1. The first kappa shape index (κ1) is 24.8. The van der Waals surface area contributed by atoms with Gasteiger partial charge in [-0.3, -0.25) is 33.9 Å². The van der Waals surface area contributed by atoms with E-state index in [1.165, 1.54) is 0 Å². The minimum absolute atomic E-state index is 0.0369. The average Bonchev–Trinajstić information content (AvgIpc) is 2.66. The molecule has 1 fully saturated rings. The minimum atomic E-state index is -1.06. The van der Waals surface area contributed by atoms with E-state index >= 15 is 0 Å². The molecule has 11 heteroatoms. The van der Waals surface area contributed by atoms with Crippen LogP contribution in [0.3, 0.4) is 0 Å². The summed E-state index contributed by atoms with van der Waals surface area (Å²) in [7, 11) is 0. The number of aliphatic carboxylic acids is 3. The molecule has 0 aromatic heterocycles. The fraction of sp³-hybridized carbons (Fsp3) is 0.778. The van der Waals surface area contributed by atoms with Gasteiger partial charge in [0.2, 0.25) is 5.91 Å². The molecule has 0 radical (unpaired) electrons. The van der Waals surface area contributed by atoms with E-state index in [9.17, 15) is 24.3 Å². The molecule has 1 unspecified atom stereocenters. The minimum Gasteiger partial charge on any atom is -0.480 e.